The molecule has 0 aliphatic rings. The minimum absolute atomic E-state index is 0.108. The molecule has 0 aliphatic heterocycles. The first-order valence-corrected chi connectivity index (χ1v) is 6.94. The molecule has 0 saturated carbocycles. The number of hydrogen-bond donors (Lipinski definition) is 2. The summed E-state index contributed by atoms with van der Waals surface area (Å²) in [6, 6.07) is 9.56. The Morgan fingerprint density at radius 2 is 2.22 bits per heavy atom. The van der Waals surface area contributed by atoms with E-state index in [0.717, 1.165) is 10.6 Å². The molecule has 3 nitrogen and oxygen atoms in total. The van der Waals surface area contributed by atoms with Crippen LogP contribution in [0, 0.1) is 0 Å². The van der Waals surface area contributed by atoms with E-state index >= 15 is 0 Å². The Kier molecular flexibility index (Phi) is 4.72. The monoisotopic (exact) mass is 282 g/mol. The molecule has 96 valence electrons. The van der Waals surface area contributed by atoms with Gasteiger partial charge in [-0.2, -0.15) is 0 Å². The summed E-state index contributed by atoms with van der Waals surface area (Å²) >= 11 is 7.24. The summed E-state index contributed by atoms with van der Waals surface area (Å²) in [5.74, 6) is 0. The number of halogens is 1. The molecule has 0 aliphatic carbocycles. The van der Waals surface area contributed by atoms with Gasteiger partial charge in [-0.1, -0.05) is 17.7 Å². The lowest BCUT2D eigenvalue weighted by molar-refractivity contribution is 0.174. The van der Waals surface area contributed by atoms with Gasteiger partial charge >= 0.3 is 0 Å². The number of hydrogen-bond acceptors (Lipinski definition) is 4. The minimum atomic E-state index is -0.534. The molecule has 18 heavy (non-hydrogen) atoms. The number of aromatic nitrogens is 1. The summed E-state index contributed by atoms with van der Waals surface area (Å²) < 4.78 is 0.696. The van der Waals surface area contributed by atoms with Crippen LogP contribution in [0.25, 0.3) is 0 Å². The molecule has 0 amide bonds. The zero-order valence-corrected chi connectivity index (χ0v) is 11.6. The van der Waals surface area contributed by atoms with Gasteiger partial charge < -0.3 is 10.4 Å². The van der Waals surface area contributed by atoms with Crippen LogP contribution in [0.5, 0.6) is 0 Å². The third kappa shape index (κ3) is 3.53. The lowest BCUT2D eigenvalue weighted by Gasteiger charge is -2.15. The number of nitrogens with one attached hydrogen (secondary N) is 1. The van der Waals surface area contributed by atoms with Gasteiger partial charge in [0.15, 0.2) is 0 Å². The second-order valence-corrected chi connectivity index (χ2v) is 5.79. The third-order valence-corrected chi connectivity index (χ3v) is 4.00. The van der Waals surface area contributed by atoms with Crippen molar-refractivity contribution in [1.82, 2.24) is 10.3 Å². The largest absolute Gasteiger partial charge is 0.386 e. The number of aliphatic hydroxyl groups excluding tert-OH is 1. The van der Waals surface area contributed by atoms with Crippen molar-refractivity contribution in [3.63, 3.8) is 0 Å². The predicted octanol–water partition coefficient (Wildman–Crippen LogP) is 3.18. The SMILES string of the molecule is CC(NCC(O)c1ccc(Cl)s1)c1ccccn1. The zero-order valence-electron chi connectivity index (χ0n) is 10.0. The standard InChI is InChI=1S/C13H15ClN2OS/c1-9(10-4-2-3-7-15-10)16-8-11(17)12-5-6-13(14)18-12/h2-7,9,11,16-17H,8H2,1H3. The highest BCUT2D eigenvalue weighted by Gasteiger charge is 2.12. The Labute approximate surface area is 115 Å². The van der Waals surface area contributed by atoms with Gasteiger partial charge in [-0.05, 0) is 31.2 Å². The summed E-state index contributed by atoms with van der Waals surface area (Å²) in [5, 5.41) is 13.3. The minimum Gasteiger partial charge on any atom is -0.386 e. The fraction of sp³-hybridized carbons (Fsp3) is 0.308. The second kappa shape index (κ2) is 6.29. The number of thiophene rings is 1. The molecule has 2 rings (SSSR count). The maximum atomic E-state index is 10.00. The number of pyridine rings is 1. The van der Waals surface area contributed by atoms with Crippen molar-refractivity contribution in [2.45, 2.75) is 19.1 Å². The van der Waals surface area contributed by atoms with Gasteiger partial charge in [0.25, 0.3) is 0 Å². The maximum Gasteiger partial charge on any atom is 0.101 e. The lowest BCUT2D eigenvalue weighted by Crippen LogP contribution is -2.24. The summed E-state index contributed by atoms with van der Waals surface area (Å²) in [4.78, 5) is 5.15. The van der Waals surface area contributed by atoms with Crippen LogP contribution in [0.1, 0.15) is 29.6 Å². The van der Waals surface area contributed by atoms with Gasteiger partial charge in [-0.15, -0.1) is 11.3 Å². The Morgan fingerprint density at radius 3 is 2.83 bits per heavy atom. The highest BCUT2D eigenvalue weighted by atomic mass is 35.5. The quantitative estimate of drug-likeness (QED) is 0.885. The summed E-state index contributed by atoms with van der Waals surface area (Å²) in [6.45, 7) is 2.50. The van der Waals surface area contributed by atoms with Gasteiger partial charge in [0.05, 0.1) is 10.0 Å². The van der Waals surface area contributed by atoms with Gasteiger partial charge in [0, 0.05) is 23.7 Å². The highest BCUT2D eigenvalue weighted by Crippen LogP contribution is 2.26. The van der Waals surface area contributed by atoms with Crippen molar-refractivity contribution in [3.8, 4) is 0 Å². The Hall–Kier alpha value is -0.940. The zero-order chi connectivity index (χ0) is 13.0. The molecule has 0 saturated heterocycles. The van der Waals surface area contributed by atoms with Gasteiger partial charge in [0.1, 0.15) is 6.10 Å². The van der Waals surface area contributed by atoms with Crippen molar-refractivity contribution in [3.05, 3.63) is 51.4 Å². The Morgan fingerprint density at radius 1 is 1.39 bits per heavy atom. The molecular weight excluding hydrogens is 268 g/mol. The second-order valence-electron chi connectivity index (χ2n) is 4.04. The molecule has 2 aromatic rings. The van der Waals surface area contributed by atoms with Crippen LogP contribution < -0.4 is 5.32 Å². The topological polar surface area (TPSA) is 45.1 Å². The molecule has 5 heteroatoms. The van der Waals surface area contributed by atoms with Crippen LogP contribution in [0.3, 0.4) is 0 Å². The molecule has 0 aromatic carbocycles. The lowest BCUT2D eigenvalue weighted by atomic mass is 10.2. The molecule has 2 N–H and O–H groups in total. The highest BCUT2D eigenvalue weighted by molar-refractivity contribution is 7.16. The van der Waals surface area contributed by atoms with E-state index in [9.17, 15) is 5.11 Å². The molecule has 0 bridgehead atoms. The summed E-state index contributed by atoms with van der Waals surface area (Å²) in [7, 11) is 0. The van der Waals surface area contributed by atoms with E-state index in [1.165, 1.54) is 11.3 Å². The normalized spacial score (nSPS) is 14.4. The van der Waals surface area contributed by atoms with Gasteiger partial charge in [-0.25, -0.2) is 0 Å². The van der Waals surface area contributed by atoms with Crippen LogP contribution in [-0.2, 0) is 0 Å². The van der Waals surface area contributed by atoms with Crippen LogP contribution in [0.2, 0.25) is 4.34 Å². The molecule has 2 heterocycles. The van der Waals surface area contributed by atoms with E-state index in [1.54, 1.807) is 12.3 Å². The van der Waals surface area contributed by atoms with E-state index in [1.807, 2.05) is 31.2 Å². The van der Waals surface area contributed by atoms with Crippen molar-refractivity contribution in [2.75, 3.05) is 6.54 Å². The first-order valence-electron chi connectivity index (χ1n) is 5.74. The van der Waals surface area contributed by atoms with Crippen LogP contribution in [0.4, 0.5) is 0 Å². The third-order valence-electron chi connectivity index (χ3n) is 2.67. The van der Waals surface area contributed by atoms with E-state index in [4.69, 9.17) is 11.6 Å². The molecule has 0 fully saturated rings. The number of aliphatic hydroxyl groups is 1. The smallest absolute Gasteiger partial charge is 0.101 e. The predicted molar refractivity (Wildman–Crippen MR) is 74.9 cm³/mol. The number of rotatable bonds is 5. The number of nitrogens with zero attached hydrogens (tertiary/aromatic N) is 1. The molecule has 0 spiro atoms. The van der Waals surface area contributed by atoms with E-state index in [-0.39, 0.29) is 6.04 Å². The van der Waals surface area contributed by atoms with Crippen molar-refractivity contribution in [1.29, 1.82) is 0 Å². The van der Waals surface area contributed by atoms with Gasteiger partial charge in [0.2, 0.25) is 0 Å². The fourth-order valence-corrected chi connectivity index (χ4v) is 2.68. The Balaban J connectivity index is 1.88. The average molecular weight is 283 g/mol. The average Bonchev–Trinajstić information content (AvgIpc) is 2.83. The van der Waals surface area contributed by atoms with Crippen LogP contribution in [-0.4, -0.2) is 16.6 Å². The van der Waals surface area contributed by atoms with E-state index in [2.05, 4.69) is 10.3 Å². The summed E-state index contributed by atoms with van der Waals surface area (Å²) in [5.41, 5.74) is 0.967. The molecule has 2 aromatic heterocycles. The maximum absolute atomic E-state index is 10.00. The molecule has 0 radical (unpaired) electrons. The van der Waals surface area contributed by atoms with Gasteiger partial charge in [-0.3, -0.25) is 4.98 Å². The Bertz CT molecular complexity index is 489. The van der Waals surface area contributed by atoms with Crippen LogP contribution in [0.15, 0.2) is 36.5 Å². The molecular formula is C13H15ClN2OS. The van der Waals surface area contributed by atoms with Crippen LogP contribution >= 0.6 is 22.9 Å². The fourth-order valence-electron chi connectivity index (χ4n) is 1.63. The van der Waals surface area contributed by atoms with E-state index in [0.29, 0.717) is 10.9 Å². The van der Waals surface area contributed by atoms with Crippen molar-refractivity contribution < 1.29 is 5.11 Å². The summed E-state index contributed by atoms with van der Waals surface area (Å²) in [6.07, 6.45) is 1.23. The first-order chi connectivity index (χ1) is 8.66. The van der Waals surface area contributed by atoms with Crippen molar-refractivity contribution >= 4 is 22.9 Å². The molecule has 2 atom stereocenters. The molecule has 2 unspecified atom stereocenters. The van der Waals surface area contributed by atoms with E-state index < -0.39 is 6.10 Å². The van der Waals surface area contributed by atoms with Crippen molar-refractivity contribution in [2.24, 2.45) is 0 Å². The first kappa shape index (κ1) is 13.5.